The number of carbonyl (C=O) groups excluding carboxylic acids is 5. The summed E-state index contributed by atoms with van der Waals surface area (Å²) >= 11 is 17.1. The molecule has 1 saturated heterocycles. The molecule has 0 spiro atoms. The van der Waals surface area contributed by atoms with E-state index in [9.17, 15) is 34.2 Å². The van der Waals surface area contributed by atoms with E-state index >= 15 is 0 Å². The van der Waals surface area contributed by atoms with E-state index in [1.165, 1.54) is 0 Å². The highest BCUT2D eigenvalue weighted by atomic mass is 35.6. The number of aliphatic hydroxyl groups excluding tert-OH is 1. The monoisotopic (exact) mass is 760 g/mol. The van der Waals surface area contributed by atoms with Gasteiger partial charge in [-0.05, 0) is 22.3 Å². The molecule has 18 heteroatoms. The fourth-order valence-corrected chi connectivity index (χ4v) is 6.04. The average molecular weight is 762 g/mol. The van der Waals surface area contributed by atoms with Crippen LogP contribution in [0.1, 0.15) is 37.8 Å². The fraction of sp³-hybridized carbons (Fsp3) is 0.469. The molecule has 6 atom stereocenters. The maximum absolute atomic E-state index is 13.3. The van der Waals surface area contributed by atoms with Crippen molar-refractivity contribution < 1.29 is 62.6 Å². The van der Waals surface area contributed by atoms with Gasteiger partial charge in [-0.25, -0.2) is 9.59 Å². The van der Waals surface area contributed by atoms with Gasteiger partial charge < -0.3 is 49.3 Å². The third-order valence-electron chi connectivity index (χ3n) is 7.82. The molecule has 2 aromatic rings. The number of carbonyl (C=O) groups is 5. The predicted molar refractivity (Wildman–Crippen MR) is 175 cm³/mol. The Labute approximate surface area is 301 Å². The predicted octanol–water partition coefficient (Wildman–Crippen LogP) is 2.86. The zero-order valence-electron chi connectivity index (χ0n) is 26.9. The molecule has 15 nitrogen and oxygen atoms in total. The summed E-state index contributed by atoms with van der Waals surface area (Å²) in [4.78, 5) is 62.4. The molecular weight excluding hydrogens is 727 g/mol. The molecule has 0 aromatic heterocycles. The molecule has 4 rings (SSSR count). The Balaban J connectivity index is 1.65. The molecule has 1 unspecified atom stereocenters. The van der Waals surface area contributed by atoms with Gasteiger partial charge in [0.2, 0.25) is 9.58 Å². The first kappa shape index (κ1) is 38.9. The number of esters is 3. The lowest BCUT2D eigenvalue weighted by Crippen LogP contribution is -2.77. The van der Waals surface area contributed by atoms with E-state index in [1.807, 2.05) is 48.5 Å². The second-order valence-corrected chi connectivity index (χ2v) is 13.9. The molecule has 1 aliphatic carbocycles. The molecule has 1 aliphatic heterocycles. The van der Waals surface area contributed by atoms with Gasteiger partial charge >= 0.3 is 30.1 Å². The summed E-state index contributed by atoms with van der Waals surface area (Å²) in [5, 5.41) is 27.2. The molecule has 2 aliphatic rings. The van der Waals surface area contributed by atoms with E-state index in [4.69, 9.17) is 63.2 Å². The smallest absolute Gasteiger partial charge is 0.407 e. The van der Waals surface area contributed by atoms with Gasteiger partial charge in [-0.15, -0.1) is 0 Å². The maximum atomic E-state index is 13.3. The number of rotatable bonds is 11. The highest BCUT2D eigenvalue weighted by Crippen LogP contribution is 2.44. The van der Waals surface area contributed by atoms with Gasteiger partial charge in [0.05, 0.1) is 6.61 Å². The number of ether oxygens (including phenoxy) is 6. The van der Waals surface area contributed by atoms with Crippen molar-refractivity contribution in [1.29, 1.82) is 0 Å². The largest absolute Gasteiger partial charge is 0.463 e. The number of fused-ring (bicyclic) bond motifs is 3. The topological polar surface area (TPSA) is 205 Å². The standard InChI is InChI=1S/C32H35Cl3N2O13/c1-16(39)45-14-24-26(48-17(2)40)27(49-18(3)41)28(37-30(43)47-15-31(33,34)35)32(44,50-24)25(12-38)36-29(42)46-13-23-21-10-6-4-8-19(21)20-9-5-7-11-22(20)23/h4-11,23-28,38,44H,12-15H2,1-3H3,(H,36,42)(H,37,43)/t24-,25?,26+,27+,28-,32-/m1/s1. The quantitative estimate of drug-likeness (QED) is 0.148. The number of alkyl halides is 3. The maximum Gasteiger partial charge on any atom is 0.407 e. The number of nitrogens with one attached hydrogen (secondary N) is 2. The molecule has 1 heterocycles. The highest BCUT2D eigenvalue weighted by molar-refractivity contribution is 6.67. The van der Waals surface area contributed by atoms with Crippen LogP contribution in [0, 0.1) is 0 Å². The minimum Gasteiger partial charge on any atom is -0.463 e. The van der Waals surface area contributed by atoms with Crippen LogP contribution in [0.2, 0.25) is 0 Å². The normalized spacial score (nSPS) is 23.4. The number of benzene rings is 2. The van der Waals surface area contributed by atoms with E-state index < -0.39 is 89.9 Å². The van der Waals surface area contributed by atoms with Gasteiger partial charge in [-0.3, -0.25) is 14.4 Å². The Morgan fingerprint density at radius 3 is 1.90 bits per heavy atom. The highest BCUT2D eigenvalue weighted by Gasteiger charge is 2.61. The van der Waals surface area contributed by atoms with Gasteiger partial charge in [0.1, 0.15) is 38.0 Å². The molecule has 2 aromatic carbocycles. The summed E-state index contributed by atoms with van der Waals surface area (Å²) in [5.41, 5.74) is 3.79. The molecule has 4 N–H and O–H groups in total. The van der Waals surface area contributed by atoms with Crippen molar-refractivity contribution in [1.82, 2.24) is 10.6 Å². The lowest BCUT2D eigenvalue weighted by atomic mass is 9.85. The van der Waals surface area contributed by atoms with Crippen molar-refractivity contribution in [3.8, 4) is 11.1 Å². The lowest BCUT2D eigenvalue weighted by Gasteiger charge is -2.51. The summed E-state index contributed by atoms with van der Waals surface area (Å²) in [7, 11) is 0. The molecule has 0 radical (unpaired) electrons. The SMILES string of the molecule is CC(=O)OC[C@H]1O[C@](O)(C(CO)NC(=O)OCC2c3ccccc3-c3ccccc32)[C@H](NC(=O)OCC(Cl)(Cl)Cl)[C@@H](OC(C)=O)[C@H]1OC(C)=O. The first-order valence-corrected chi connectivity index (χ1v) is 16.3. The molecule has 2 amide bonds. The second kappa shape index (κ2) is 16.4. The second-order valence-electron chi connectivity index (χ2n) is 11.4. The van der Waals surface area contributed by atoms with Gasteiger partial charge in [0.15, 0.2) is 12.2 Å². The van der Waals surface area contributed by atoms with Crippen LogP contribution in [0.3, 0.4) is 0 Å². The number of hydrogen-bond acceptors (Lipinski definition) is 13. The van der Waals surface area contributed by atoms with E-state index in [0.717, 1.165) is 43.0 Å². The third-order valence-corrected chi connectivity index (χ3v) is 8.14. The third kappa shape index (κ3) is 9.47. The van der Waals surface area contributed by atoms with Gasteiger partial charge in [-0.1, -0.05) is 83.3 Å². The molecule has 0 saturated carbocycles. The molecular formula is C32H35Cl3N2O13. The average Bonchev–Trinajstić information content (AvgIpc) is 3.36. The Morgan fingerprint density at radius 2 is 1.38 bits per heavy atom. The molecule has 1 fully saturated rings. The zero-order valence-corrected chi connectivity index (χ0v) is 29.2. The van der Waals surface area contributed by atoms with E-state index in [2.05, 4.69) is 10.6 Å². The van der Waals surface area contributed by atoms with Crippen LogP contribution in [-0.2, 0) is 42.8 Å². The molecule has 50 heavy (non-hydrogen) atoms. The number of amides is 2. The van der Waals surface area contributed by atoms with Crippen LogP contribution >= 0.6 is 34.8 Å². The van der Waals surface area contributed by atoms with Crippen molar-refractivity contribution in [3.63, 3.8) is 0 Å². The Kier molecular flexibility index (Phi) is 12.8. The van der Waals surface area contributed by atoms with E-state index in [0.29, 0.717) is 0 Å². The first-order chi connectivity index (χ1) is 23.5. The number of alkyl carbamates (subject to hydrolysis) is 2. The van der Waals surface area contributed by atoms with Crippen molar-refractivity contribution in [2.45, 2.75) is 66.7 Å². The summed E-state index contributed by atoms with van der Waals surface area (Å²) in [6.07, 6.45) is -7.51. The fourth-order valence-electron chi connectivity index (χ4n) is 5.87. The van der Waals surface area contributed by atoms with Crippen LogP contribution in [0.4, 0.5) is 9.59 Å². The lowest BCUT2D eigenvalue weighted by molar-refractivity contribution is -0.332. The van der Waals surface area contributed by atoms with Crippen molar-refractivity contribution >= 4 is 64.9 Å². The van der Waals surface area contributed by atoms with Crippen LogP contribution in [0.15, 0.2) is 48.5 Å². The van der Waals surface area contributed by atoms with Gasteiger partial charge in [0.25, 0.3) is 0 Å². The van der Waals surface area contributed by atoms with Crippen molar-refractivity contribution in [3.05, 3.63) is 59.7 Å². The Bertz CT molecular complexity index is 1540. The van der Waals surface area contributed by atoms with Crippen LogP contribution in [0.25, 0.3) is 11.1 Å². The van der Waals surface area contributed by atoms with E-state index in [1.54, 1.807) is 0 Å². The zero-order chi connectivity index (χ0) is 36.8. The van der Waals surface area contributed by atoms with Crippen molar-refractivity contribution in [2.24, 2.45) is 0 Å². The Hall–Kier alpha value is -3.86. The summed E-state index contributed by atoms with van der Waals surface area (Å²) < 4.78 is 30.1. The first-order valence-electron chi connectivity index (χ1n) is 15.1. The van der Waals surface area contributed by atoms with Crippen LogP contribution < -0.4 is 10.6 Å². The number of aliphatic hydroxyl groups is 2. The number of halogens is 3. The summed E-state index contributed by atoms with van der Waals surface area (Å²) in [5.74, 6) is -5.95. The van der Waals surface area contributed by atoms with Crippen molar-refractivity contribution in [2.75, 3.05) is 26.4 Å². The molecule has 0 bridgehead atoms. The van der Waals surface area contributed by atoms with E-state index in [-0.39, 0.29) is 12.5 Å². The van der Waals surface area contributed by atoms with Gasteiger partial charge in [0, 0.05) is 26.7 Å². The van der Waals surface area contributed by atoms with Gasteiger partial charge in [-0.2, -0.15) is 0 Å². The van der Waals surface area contributed by atoms with Crippen LogP contribution in [0.5, 0.6) is 0 Å². The summed E-state index contributed by atoms with van der Waals surface area (Å²) in [6.45, 7) is 0.395. The minimum absolute atomic E-state index is 0.151. The van der Waals surface area contributed by atoms with Crippen LogP contribution in [-0.4, -0.2) is 107 Å². The number of hydrogen-bond donors (Lipinski definition) is 4. The minimum atomic E-state index is -2.92. The summed E-state index contributed by atoms with van der Waals surface area (Å²) in [6, 6.07) is 11.4. The Morgan fingerprint density at radius 1 is 0.820 bits per heavy atom. The molecule has 272 valence electrons.